The lowest BCUT2D eigenvalue weighted by molar-refractivity contribution is -0.139. The number of rotatable bonds is 32. The van der Waals surface area contributed by atoms with E-state index in [4.69, 9.17) is 23.7 Å². The monoisotopic (exact) mass is 542 g/mol. The van der Waals surface area contributed by atoms with Crippen molar-refractivity contribution in [3.8, 4) is 0 Å². The second kappa shape index (κ2) is 32.3. The lowest BCUT2D eigenvalue weighted by Crippen LogP contribution is -2.07. The highest BCUT2D eigenvalue weighted by molar-refractivity contribution is 5.86. The molecule has 0 N–H and O–H groups in total. The third kappa shape index (κ3) is 31.3. The quantitative estimate of drug-likeness (QED) is 0.0485. The molecule has 0 saturated carbocycles. The lowest BCUT2D eigenvalue weighted by Gasteiger charge is -2.07. The van der Waals surface area contributed by atoms with Crippen molar-refractivity contribution in [1.82, 2.24) is 0 Å². The van der Waals surface area contributed by atoms with E-state index in [9.17, 15) is 4.79 Å². The van der Waals surface area contributed by atoms with Crippen LogP contribution in [0, 0.1) is 0 Å². The standard InChI is InChI=1S/C32H62O6/c1-4-5-6-7-8-9-10-11-12-13-22-34-23-14-15-24-35-25-16-17-26-36-27-18-19-28-37-29-20-21-30-38-32(33)31(2)3/h2,4-30H2,1,3H3. The molecule has 38 heavy (non-hydrogen) atoms. The molecule has 0 atom stereocenters. The third-order valence-corrected chi connectivity index (χ3v) is 6.39. The normalized spacial score (nSPS) is 11.2. The van der Waals surface area contributed by atoms with E-state index >= 15 is 0 Å². The summed E-state index contributed by atoms with van der Waals surface area (Å²) in [6.07, 6.45) is 21.7. The van der Waals surface area contributed by atoms with Crippen LogP contribution in [0.15, 0.2) is 12.2 Å². The fraction of sp³-hybridized carbons (Fsp3) is 0.906. The van der Waals surface area contributed by atoms with Gasteiger partial charge in [-0.05, 0) is 64.7 Å². The molecule has 0 heterocycles. The molecule has 6 heteroatoms. The maximum Gasteiger partial charge on any atom is 0.333 e. The fourth-order valence-electron chi connectivity index (χ4n) is 3.92. The van der Waals surface area contributed by atoms with Gasteiger partial charge in [-0.25, -0.2) is 4.79 Å². The molecule has 0 fully saturated rings. The number of hydrogen-bond donors (Lipinski definition) is 0. The first-order valence-corrected chi connectivity index (χ1v) is 15.8. The van der Waals surface area contributed by atoms with Crippen LogP contribution in [-0.4, -0.2) is 65.4 Å². The van der Waals surface area contributed by atoms with Crippen LogP contribution in [0.25, 0.3) is 0 Å². The molecule has 0 aromatic heterocycles. The summed E-state index contributed by atoms with van der Waals surface area (Å²) in [6, 6.07) is 0. The molecule has 0 aromatic rings. The zero-order valence-corrected chi connectivity index (χ0v) is 25.2. The van der Waals surface area contributed by atoms with Crippen LogP contribution in [0.4, 0.5) is 0 Å². The molecule has 0 aliphatic heterocycles. The first-order chi connectivity index (χ1) is 18.7. The summed E-state index contributed by atoms with van der Waals surface area (Å²) in [5, 5.41) is 0. The van der Waals surface area contributed by atoms with E-state index in [0.29, 0.717) is 18.8 Å². The number of unbranched alkanes of at least 4 members (excludes halogenated alkanes) is 13. The number of hydrogen-bond acceptors (Lipinski definition) is 6. The van der Waals surface area contributed by atoms with Crippen molar-refractivity contribution in [2.24, 2.45) is 0 Å². The van der Waals surface area contributed by atoms with Crippen molar-refractivity contribution in [2.75, 3.05) is 59.5 Å². The van der Waals surface area contributed by atoms with Gasteiger partial charge in [-0.15, -0.1) is 0 Å². The van der Waals surface area contributed by atoms with E-state index in [1.807, 2.05) is 0 Å². The summed E-state index contributed by atoms with van der Waals surface area (Å²) < 4.78 is 27.8. The Hall–Kier alpha value is -0.950. The summed E-state index contributed by atoms with van der Waals surface area (Å²) in [7, 11) is 0. The molecular formula is C32H62O6. The van der Waals surface area contributed by atoms with E-state index in [-0.39, 0.29) is 5.97 Å². The van der Waals surface area contributed by atoms with Gasteiger partial charge >= 0.3 is 5.97 Å². The summed E-state index contributed by atoms with van der Waals surface area (Å²) in [6.45, 7) is 14.4. The van der Waals surface area contributed by atoms with Crippen molar-refractivity contribution in [3.63, 3.8) is 0 Å². The Kier molecular flexibility index (Phi) is 31.5. The van der Waals surface area contributed by atoms with Crippen LogP contribution in [0.1, 0.15) is 129 Å². The summed E-state index contributed by atoms with van der Waals surface area (Å²) in [5.41, 5.74) is 0.443. The number of carbonyl (C=O) groups excluding carboxylic acids is 1. The molecule has 226 valence electrons. The van der Waals surface area contributed by atoms with Gasteiger partial charge in [0.1, 0.15) is 0 Å². The van der Waals surface area contributed by atoms with Gasteiger partial charge in [0.05, 0.1) is 6.61 Å². The molecule has 0 rings (SSSR count). The molecule has 0 aliphatic rings. The second-order valence-electron chi connectivity index (χ2n) is 10.4. The zero-order chi connectivity index (χ0) is 27.8. The fourth-order valence-corrected chi connectivity index (χ4v) is 3.92. The van der Waals surface area contributed by atoms with Gasteiger partial charge < -0.3 is 23.7 Å². The first-order valence-electron chi connectivity index (χ1n) is 15.8. The van der Waals surface area contributed by atoms with Crippen LogP contribution in [-0.2, 0) is 28.5 Å². The summed E-state index contributed by atoms with van der Waals surface area (Å²) >= 11 is 0. The Morgan fingerprint density at radius 1 is 0.447 bits per heavy atom. The maximum atomic E-state index is 11.2. The molecular weight excluding hydrogens is 480 g/mol. The number of ether oxygens (including phenoxy) is 5. The average molecular weight is 543 g/mol. The second-order valence-corrected chi connectivity index (χ2v) is 10.4. The van der Waals surface area contributed by atoms with E-state index in [2.05, 4.69) is 13.5 Å². The Bertz CT molecular complexity index is 496. The summed E-state index contributed by atoms with van der Waals surface area (Å²) in [5.74, 6) is -0.315. The van der Waals surface area contributed by atoms with Gasteiger partial charge in [0.25, 0.3) is 0 Å². The molecule has 0 aromatic carbocycles. The van der Waals surface area contributed by atoms with Crippen molar-refractivity contribution >= 4 is 5.97 Å². The van der Waals surface area contributed by atoms with Gasteiger partial charge in [0.15, 0.2) is 0 Å². The minimum Gasteiger partial charge on any atom is -0.462 e. The third-order valence-electron chi connectivity index (χ3n) is 6.39. The highest BCUT2D eigenvalue weighted by Crippen LogP contribution is 2.10. The molecule has 6 nitrogen and oxygen atoms in total. The van der Waals surface area contributed by atoms with Gasteiger partial charge in [-0.2, -0.15) is 0 Å². The Labute approximate surface area is 235 Å². The summed E-state index contributed by atoms with van der Waals surface area (Å²) in [4.78, 5) is 11.2. The van der Waals surface area contributed by atoms with Gasteiger partial charge in [-0.3, -0.25) is 0 Å². The number of esters is 1. The van der Waals surface area contributed by atoms with Crippen molar-refractivity contribution in [2.45, 2.75) is 129 Å². The minimum atomic E-state index is -0.315. The smallest absolute Gasteiger partial charge is 0.333 e. The van der Waals surface area contributed by atoms with Gasteiger partial charge in [-0.1, -0.05) is 71.3 Å². The van der Waals surface area contributed by atoms with Crippen LogP contribution in [0.2, 0.25) is 0 Å². The largest absolute Gasteiger partial charge is 0.462 e. The SMILES string of the molecule is C=C(C)C(=O)OCCCCOCCCCOCCCCOCCCCOCCCCCCCCCCCC. The zero-order valence-electron chi connectivity index (χ0n) is 25.2. The maximum absolute atomic E-state index is 11.2. The van der Waals surface area contributed by atoms with Gasteiger partial charge in [0, 0.05) is 58.4 Å². The van der Waals surface area contributed by atoms with Crippen LogP contribution in [0.5, 0.6) is 0 Å². The van der Waals surface area contributed by atoms with E-state index in [1.54, 1.807) is 6.92 Å². The highest BCUT2D eigenvalue weighted by Gasteiger charge is 2.02. The average Bonchev–Trinajstić information content (AvgIpc) is 2.91. The van der Waals surface area contributed by atoms with Crippen molar-refractivity contribution in [3.05, 3.63) is 12.2 Å². The van der Waals surface area contributed by atoms with E-state index in [0.717, 1.165) is 97.6 Å². The van der Waals surface area contributed by atoms with Crippen molar-refractivity contribution in [1.29, 1.82) is 0 Å². The van der Waals surface area contributed by atoms with Crippen LogP contribution < -0.4 is 0 Å². The molecule has 0 saturated heterocycles. The molecule has 0 radical (unpaired) electrons. The van der Waals surface area contributed by atoms with Crippen molar-refractivity contribution < 1.29 is 28.5 Å². The Balaban J connectivity index is 3.06. The predicted octanol–water partition coefficient (Wildman–Crippen LogP) is 8.21. The van der Waals surface area contributed by atoms with E-state index in [1.165, 1.54) is 64.2 Å². The van der Waals surface area contributed by atoms with Crippen LogP contribution >= 0.6 is 0 Å². The molecule has 0 aliphatic carbocycles. The molecule has 0 amide bonds. The Morgan fingerprint density at radius 3 is 1.03 bits per heavy atom. The van der Waals surface area contributed by atoms with E-state index < -0.39 is 0 Å². The predicted molar refractivity (Wildman–Crippen MR) is 158 cm³/mol. The van der Waals surface area contributed by atoms with Gasteiger partial charge in [0.2, 0.25) is 0 Å². The topological polar surface area (TPSA) is 63.2 Å². The molecule has 0 bridgehead atoms. The van der Waals surface area contributed by atoms with Crippen LogP contribution in [0.3, 0.4) is 0 Å². The lowest BCUT2D eigenvalue weighted by atomic mass is 10.1. The number of carbonyl (C=O) groups is 1. The molecule has 0 spiro atoms. The first kappa shape index (κ1) is 37.0. The molecule has 0 unspecified atom stereocenters. The minimum absolute atomic E-state index is 0.315. The Morgan fingerprint density at radius 2 is 0.711 bits per heavy atom. The highest BCUT2D eigenvalue weighted by atomic mass is 16.5.